The van der Waals surface area contributed by atoms with Crippen molar-refractivity contribution in [3.05, 3.63) is 0 Å². The topological polar surface area (TPSA) is 77.9 Å². The van der Waals surface area contributed by atoms with Gasteiger partial charge in [-0.1, -0.05) is 0 Å². The highest BCUT2D eigenvalue weighted by atomic mass is 16.4. The average molecular weight is 296 g/mol. The Bertz CT molecular complexity index is 455. The lowest BCUT2D eigenvalue weighted by atomic mass is 9.96. The number of carbonyl (C=O) groups is 3. The van der Waals surface area contributed by atoms with Crippen LogP contribution in [0.1, 0.15) is 40.0 Å². The molecule has 0 aliphatic carbocycles. The number of nitrogens with zero attached hydrogens (tertiary/aromatic N) is 2. The minimum Gasteiger partial charge on any atom is -0.481 e. The van der Waals surface area contributed by atoms with E-state index in [-0.39, 0.29) is 36.2 Å². The van der Waals surface area contributed by atoms with Crippen molar-refractivity contribution in [2.45, 2.75) is 45.6 Å². The number of carbonyl (C=O) groups excluding carboxylic acids is 2. The molecule has 2 fully saturated rings. The second-order valence-electron chi connectivity index (χ2n) is 7.04. The molecule has 0 aromatic rings. The van der Waals surface area contributed by atoms with Gasteiger partial charge in [0.25, 0.3) is 0 Å². The predicted molar refractivity (Wildman–Crippen MR) is 76.5 cm³/mol. The summed E-state index contributed by atoms with van der Waals surface area (Å²) in [6, 6.07) is 0. The van der Waals surface area contributed by atoms with E-state index >= 15 is 0 Å². The van der Waals surface area contributed by atoms with Crippen molar-refractivity contribution in [1.82, 2.24) is 9.80 Å². The first kappa shape index (κ1) is 15.8. The molecular formula is C15H24N2O4. The van der Waals surface area contributed by atoms with Crippen molar-refractivity contribution in [3.63, 3.8) is 0 Å². The fourth-order valence-electron chi connectivity index (χ4n) is 3.16. The molecular weight excluding hydrogens is 272 g/mol. The van der Waals surface area contributed by atoms with Crippen molar-refractivity contribution in [2.75, 3.05) is 19.6 Å². The zero-order valence-corrected chi connectivity index (χ0v) is 13.0. The van der Waals surface area contributed by atoms with Crippen molar-refractivity contribution < 1.29 is 19.5 Å². The molecule has 0 saturated carbocycles. The molecule has 2 rings (SSSR count). The standard InChI is InChI=1S/C15H24N2O4/c1-15(2,3)17-9-11(7-12(17)18)13(19)16-6-4-5-10(8-16)14(20)21/h10-11H,4-9H2,1-3H3,(H,20,21)/t10-,11+/m0/s1. The molecule has 0 aromatic heterocycles. The Morgan fingerprint density at radius 2 is 1.86 bits per heavy atom. The lowest BCUT2D eigenvalue weighted by Crippen LogP contribution is -2.46. The SMILES string of the molecule is CC(C)(C)N1C[C@H](C(=O)N2CCC[C@H](C(=O)O)C2)CC1=O. The van der Waals surface area contributed by atoms with E-state index in [0.717, 1.165) is 0 Å². The van der Waals surface area contributed by atoms with E-state index in [9.17, 15) is 14.4 Å². The number of carboxylic acid groups (broad SMARTS) is 1. The molecule has 0 spiro atoms. The summed E-state index contributed by atoms with van der Waals surface area (Å²) in [6.45, 7) is 7.18. The number of likely N-dealkylation sites (tertiary alicyclic amines) is 2. The van der Waals surface area contributed by atoms with E-state index in [1.54, 1.807) is 9.80 Å². The number of hydrogen-bond donors (Lipinski definition) is 1. The highest BCUT2D eigenvalue weighted by Crippen LogP contribution is 2.28. The van der Waals surface area contributed by atoms with Crippen LogP contribution in [0.5, 0.6) is 0 Å². The molecule has 2 amide bonds. The first-order valence-corrected chi connectivity index (χ1v) is 7.52. The van der Waals surface area contributed by atoms with Crippen LogP contribution in [0.3, 0.4) is 0 Å². The molecule has 21 heavy (non-hydrogen) atoms. The second kappa shape index (κ2) is 5.66. The van der Waals surface area contributed by atoms with Crippen LogP contribution in [0, 0.1) is 11.8 Å². The maximum Gasteiger partial charge on any atom is 0.308 e. The van der Waals surface area contributed by atoms with E-state index in [0.29, 0.717) is 25.9 Å². The molecule has 0 unspecified atom stereocenters. The van der Waals surface area contributed by atoms with Crippen LogP contribution in [0.2, 0.25) is 0 Å². The van der Waals surface area contributed by atoms with Crippen LogP contribution in [-0.4, -0.2) is 57.9 Å². The molecule has 0 bridgehead atoms. The summed E-state index contributed by atoms with van der Waals surface area (Å²) in [5.41, 5.74) is -0.280. The second-order valence-corrected chi connectivity index (χ2v) is 7.04. The van der Waals surface area contributed by atoms with Gasteiger partial charge in [0.2, 0.25) is 11.8 Å². The Morgan fingerprint density at radius 3 is 2.38 bits per heavy atom. The van der Waals surface area contributed by atoms with Gasteiger partial charge in [-0.2, -0.15) is 0 Å². The molecule has 2 aliphatic rings. The fraction of sp³-hybridized carbons (Fsp3) is 0.800. The summed E-state index contributed by atoms with van der Waals surface area (Å²) >= 11 is 0. The first-order valence-electron chi connectivity index (χ1n) is 7.52. The monoisotopic (exact) mass is 296 g/mol. The van der Waals surface area contributed by atoms with Crippen LogP contribution < -0.4 is 0 Å². The molecule has 2 heterocycles. The Kier molecular flexibility index (Phi) is 4.25. The zero-order chi connectivity index (χ0) is 15.8. The minimum absolute atomic E-state index is 0.00708. The van der Waals surface area contributed by atoms with Crippen molar-refractivity contribution in [1.29, 1.82) is 0 Å². The lowest BCUT2D eigenvalue weighted by Gasteiger charge is -2.34. The van der Waals surface area contributed by atoms with Gasteiger partial charge < -0.3 is 14.9 Å². The minimum atomic E-state index is -0.841. The molecule has 2 aliphatic heterocycles. The number of piperidine rings is 1. The van der Waals surface area contributed by atoms with Crippen LogP contribution in [0.4, 0.5) is 0 Å². The van der Waals surface area contributed by atoms with Crippen molar-refractivity contribution in [3.8, 4) is 0 Å². The number of hydrogen-bond acceptors (Lipinski definition) is 3. The molecule has 2 saturated heterocycles. The average Bonchev–Trinajstić information content (AvgIpc) is 2.80. The van der Waals surface area contributed by atoms with E-state index in [1.165, 1.54) is 0 Å². The molecule has 0 aromatic carbocycles. The van der Waals surface area contributed by atoms with Crippen molar-refractivity contribution >= 4 is 17.8 Å². The van der Waals surface area contributed by atoms with Crippen LogP contribution in [-0.2, 0) is 14.4 Å². The van der Waals surface area contributed by atoms with E-state index < -0.39 is 11.9 Å². The number of rotatable bonds is 2. The Morgan fingerprint density at radius 1 is 1.19 bits per heavy atom. The van der Waals surface area contributed by atoms with Gasteiger partial charge >= 0.3 is 5.97 Å². The summed E-state index contributed by atoms with van der Waals surface area (Å²) in [4.78, 5) is 39.0. The van der Waals surface area contributed by atoms with Crippen LogP contribution in [0.15, 0.2) is 0 Å². The molecule has 6 nitrogen and oxygen atoms in total. The van der Waals surface area contributed by atoms with Gasteiger partial charge in [0.15, 0.2) is 0 Å². The van der Waals surface area contributed by atoms with Gasteiger partial charge in [-0.25, -0.2) is 0 Å². The highest BCUT2D eigenvalue weighted by Gasteiger charge is 2.41. The number of carboxylic acids is 1. The van der Waals surface area contributed by atoms with Gasteiger partial charge in [0.1, 0.15) is 0 Å². The fourth-order valence-corrected chi connectivity index (χ4v) is 3.16. The summed E-state index contributed by atoms with van der Waals surface area (Å²) in [5.74, 6) is -1.71. The largest absolute Gasteiger partial charge is 0.481 e. The molecule has 2 atom stereocenters. The summed E-state index contributed by atoms with van der Waals surface area (Å²) in [6.07, 6.45) is 1.58. The number of amides is 2. The summed E-state index contributed by atoms with van der Waals surface area (Å²) in [5, 5.41) is 9.09. The Labute approximate surface area is 125 Å². The maximum absolute atomic E-state index is 12.5. The molecule has 1 N–H and O–H groups in total. The third kappa shape index (κ3) is 3.36. The maximum atomic E-state index is 12.5. The molecule has 6 heteroatoms. The van der Waals surface area contributed by atoms with Gasteiger partial charge in [-0.3, -0.25) is 14.4 Å². The smallest absolute Gasteiger partial charge is 0.308 e. The first-order chi connectivity index (χ1) is 9.70. The van der Waals surface area contributed by atoms with E-state index in [2.05, 4.69) is 0 Å². The molecule has 118 valence electrons. The van der Waals surface area contributed by atoms with Gasteiger partial charge in [0, 0.05) is 31.6 Å². The van der Waals surface area contributed by atoms with Gasteiger partial charge in [-0.15, -0.1) is 0 Å². The normalized spacial score (nSPS) is 27.1. The van der Waals surface area contributed by atoms with Gasteiger partial charge in [-0.05, 0) is 33.6 Å². The summed E-state index contributed by atoms with van der Waals surface area (Å²) in [7, 11) is 0. The third-order valence-corrected chi connectivity index (χ3v) is 4.37. The lowest BCUT2D eigenvalue weighted by molar-refractivity contribution is -0.146. The zero-order valence-electron chi connectivity index (χ0n) is 13.0. The Balaban J connectivity index is 2.01. The van der Waals surface area contributed by atoms with E-state index in [4.69, 9.17) is 5.11 Å². The number of aliphatic carboxylic acids is 1. The van der Waals surface area contributed by atoms with Crippen LogP contribution >= 0.6 is 0 Å². The third-order valence-electron chi connectivity index (χ3n) is 4.37. The Hall–Kier alpha value is -1.59. The molecule has 0 radical (unpaired) electrons. The van der Waals surface area contributed by atoms with Crippen LogP contribution in [0.25, 0.3) is 0 Å². The summed E-state index contributed by atoms with van der Waals surface area (Å²) < 4.78 is 0. The highest BCUT2D eigenvalue weighted by molar-refractivity contribution is 5.90. The van der Waals surface area contributed by atoms with Crippen molar-refractivity contribution in [2.24, 2.45) is 11.8 Å². The van der Waals surface area contributed by atoms with Gasteiger partial charge in [0.05, 0.1) is 11.8 Å². The quantitative estimate of drug-likeness (QED) is 0.823. The predicted octanol–water partition coefficient (Wildman–Crippen LogP) is 0.957. The van der Waals surface area contributed by atoms with E-state index in [1.807, 2.05) is 20.8 Å².